The van der Waals surface area contributed by atoms with Gasteiger partial charge in [-0.15, -0.1) is 0 Å². The van der Waals surface area contributed by atoms with Crippen molar-refractivity contribution in [2.75, 3.05) is 32.5 Å². The lowest BCUT2D eigenvalue weighted by Crippen LogP contribution is -2.34. The Bertz CT molecular complexity index is 404. The number of anilines is 1. The van der Waals surface area contributed by atoms with Gasteiger partial charge in [-0.3, -0.25) is 4.98 Å². The van der Waals surface area contributed by atoms with Gasteiger partial charge in [0.1, 0.15) is 6.07 Å². The first kappa shape index (κ1) is 13.5. The van der Waals surface area contributed by atoms with Crippen molar-refractivity contribution in [2.45, 2.75) is 13.8 Å². The summed E-state index contributed by atoms with van der Waals surface area (Å²) < 4.78 is 0. The topological polar surface area (TPSA) is 52.0 Å². The summed E-state index contributed by atoms with van der Waals surface area (Å²) in [7, 11) is 4.12. The van der Waals surface area contributed by atoms with Gasteiger partial charge in [-0.05, 0) is 25.6 Å². The molecule has 0 saturated carbocycles. The van der Waals surface area contributed by atoms with E-state index in [9.17, 15) is 0 Å². The maximum atomic E-state index is 8.97. The first-order chi connectivity index (χ1) is 7.94. The zero-order chi connectivity index (χ0) is 12.9. The fourth-order valence-electron chi connectivity index (χ4n) is 1.88. The molecule has 0 aliphatic rings. The summed E-state index contributed by atoms with van der Waals surface area (Å²) in [6, 6.07) is 3.88. The summed E-state index contributed by atoms with van der Waals surface area (Å²) in [6.45, 7) is 6.19. The van der Waals surface area contributed by atoms with Crippen LogP contribution in [0.1, 0.15) is 19.4 Å². The Morgan fingerprint density at radius 2 is 2.18 bits per heavy atom. The number of pyridine rings is 1. The second kappa shape index (κ2) is 5.65. The van der Waals surface area contributed by atoms with E-state index in [4.69, 9.17) is 5.26 Å². The Balaban J connectivity index is 2.64. The zero-order valence-corrected chi connectivity index (χ0v) is 11.0. The average Bonchev–Trinajstić information content (AvgIpc) is 2.25. The second-order valence-electron chi connectivity index (χ2n) is 5.29. The zero-order valence-electron chi connectivity index (χ0n) is 11.0. The molecule has 4 nitrogen and oxygen atoms in total. The summed E-state index contributed by atoms with van der Waals surface area (Å²) in [5.41, 5.74) is 1.59. The number of nitrogens with zero attached hydrogens (tertiary/aromatic N) is 3. The van der Waals surface area contributed by atoms with Crippen LogP contribution in [0.3, 0.4) is 0 Å². The van der Waals surface area contributed by atoms with Crippen LogP contribution in [0.25, 0.3) is 0 Å². The largest absolute Gasteiger partial charge is 0.382 e. The van der Waals surface area contributed by atoms with Gasteiger partial charge in [0.15, 0.2) is 0 Å². The van der Waals surface area contributed by atoms with E-state index in [1.54, 1.807) is 18.5 Å². The van der Waals surface area contributed by atoms with Gasteiger partial charge in [0.2, 0.25) is 0 Å². The van der Waals surface area contributed by atoms with E-state index in [0.29, 0.717) is 5.56 Å². The quantitative estimate of drug-likeness (QED) is 0.843. The average molecular weight is 232 g/mol. The molecule has 0 atom stereocenters. The number of hydrogen-bond donors (Lipinski definition) is 1. The van der Waals surface area contributed by atoms with Gasteiger partial charge in [-0.25, -0.2) is 0 Å². The molecule has 0 aliphatic heterocycles. The Kier molecular flexibility index (Phi) is 4.47. The van der Waals surface area contributed by atoms with Crippen molar-refractivity contribution in [3.63, 3.8) is 0 Å². The molecule has 1 aromatic rings. The minimum atomic E-state index is 0.145. The Labute approximate surface area is 103 Å². The van der Waals surface area contributed by atoms with Gasteiger partial charge in [-0.2, -0.15) is 5.26 Å². The molecule has 1 heterocycles. The third kappa shape index (κ3) is 4.41. The van der Waals surface area contributed by atoms with E-state index in [-0.39, 0.29) is 5.41 Å². The van der Waals surface area contributed by atoms with Crippen LogP contribution in [0.5, 0.6) is 0 Å². The third-order valence-electron chi connectivity index (χ3n) is 2.44. The van der Waals surface area contributed by atoms with E-state index < -0.39 is 0 Å². The number of rotatable bonds is 5. The predicted molar refractivity (Wildman–Crippen MR) is 69.8 cm³/mol. The van der Waals surface area contributed by atoms with Crippen LogP contribution < -0.4 is 5.32 Å². The SMILES string of the molecule is CN(C)CC(C)(C)CNc1cnccc1C#N. The Morgan fingerprint density at radius 3 is 2.76 bits per heavy atom. The standard InChI is InChI=1S/C13H20N4/c1-13(2,10-17(3)4)9-16-12-8-15-6-5-11(12)7-14/h5-6,8,16H,9-10H2,1-4H3. The van der Waals surface area contributed by atoms with Gasteiger partial charge in [0.05, 0.1) is 17.4 Å². The second-order valence-corrected chi connectivity index (χ2v) is 5.29. The highest BCUT2D eigenvalue weighted by atomic mass is 15.1. The lowest BCUT2D eigenvalue weighted by Gasteiger charge is -2.29. The minimum absolute atomic E-state index is 0.145. The lowest BCUT2D eigenvalue weighted by atomic mass is 9.93. The van der Waals surface area contributed by atoms with Gasteiger partial charge in [0, 0.05) is 19.3 Å². The molecule has 1 aromatic heterocycles. The molecule has 17 heavy (non-hydrogen) atoms. The fourth-order valence-corrected chi connectivity index (χ4v) is 1.88. The summed E-state index contributed by atoms with van der Waals surface area (Å²) >= 11 is 0. The molecule has 4 heteroatoms. The first-order valence-corrected chi connectivity index (χ1v) is 5.67. The van der Waals surface area contributed by atoms with Gasteiger partial charge in [-0.1, -0.05) is 13.8 Å². The molecule has 0 unspecified atom stereocenters. The van der Waals surface area contributed by atoms with E-state index in [1.165, 1.54) is 0 Å². The summed E-state index contributed by atoms with van der Waals surface area (Å²) in [5, 5.41) is 12.3. The van der Waals surface area contributed by atoms with Crippen LogP contribution in [-0.2, 0) is 0 Å². The van der Waals surface area contributed by atoms with Crippen LogP contribution in [0.15, 0.2) is 18.5 Å². The van der Waals surface area contributed by atoms with E-state index >= 15 is 0 Å². The summed E-state index contributed by atoms with van der Waals surface area (Å²) in [5.74, 6) is 0. The monoisotopic (exact) mass is 232 g/mol. The molecule has 0 saturated heterocycles. The van der Waals surface area contributed by atoms with Crippen molar-refractivity contribution in [1.29, 1.82) is 5.26 Å². The Morgan fingerprint density at radius 1 is 1.47 bits per heavy atom. The molecular formula is C13H20N4. The summed E-state index contributed by atoms with van der Waals surface area (Å²) in [4.78, 5) is 6.19. The van der Waals surface area contributed by atoms with Crippen molar-refractivity contribution in [3.8, 4) is 6.07 Å². The smallest absolute Gasteiger partial charge is 0.101 e. The number of nitriles is 1. The maximum Gasteiger partial charge on any atom is 0.101 e. The molecule has 1 rings (SSSR count). The minimum Gasteiger partial charge on any atom is -0.382 e. The molecule has 92 valence electrons. The van der Waals surface area contributed by atoms with Crippen molar-refractivity contribution in [3.05, 3.63) is 24.0 Å². The maximum absolute atomic E-state index is 8.97. The Hall–Kier alpha value is -1.60. The highest BCUT2D eigenvalue weighted by molar-refractivity contribution is 5.55. The molecule has 0 aliphatic carbocycles. The molecular weight excluding hydrogens is 212 g/mol. The number of nitrogens with one attached hydrogen (secondary N) is 1. The number of hydrogen-bond acceptors (Lipinski definition) is 4. The van der Waals surface area contributed by atoms with Crippen molar-refractivity contribution < 1.29 is 0 Å². The third-order valence-corrected chi connectivity index (χ3v) is 2.44. The predicted octanol–water partition coefficient (Wildman–Crippen LogP) is 1.95. The van der Waals surface area contributed by atoms with Crippen molar-refractivity contribution >= 4 is 5.69 Å². The fraction of sp³-hybridized carbons (Fsp3) is 0.538. The van der Waals surface area contributed by atoms with Crippen LogP contribution >= 0.6 is 0 Å². The van der Waals surface area contributed by atoms with Gasteiger partial charge in [0.25, 0.3) is 0 Å². The van der Waals surface area contributed by atoms with Crippen molar-refractivity contribution in [2.24, 2.45) is 5.41 Å². The van der Waals surface area contributed by atoms with Crippen LogP contribution in [-0.4, -0.2) is 37.1 Å². The normalized spacial score (nSPS) is 11.3. The van der Waals surface area contributed by atoms with Crippen molar-refractivity contribution in [1.82, 2.24) is 9.88 Å². The highest BCUT2D eigenvalue weighted by Crippen LogP contribution is 2.19. The molecule has 0 spiro atoms. The van der Waals surface area contributed by atoms with Gasteiger partial charge < -0.3 is 10.2 Å². The van der Waals surface area contributed by atoms with E-state index in [2.05, 4.69) is 49.2 Å². The first-order valence-electron chi connectivity index (χ1n) is 5.67. The molecule has 0 amide bonds. The molecule has 0 aromatic carbocycles. The lowest BCUT2D eigenvalue weighted by molar-refractivity contribution is 0.254. The molecule has 0 bridgehead atoms. The van der Waals surface area contributed by atoms with Crippen LogP contribution in [0.4, 0.5) is 5.69 Å². The molecule has 1 N–H and O–H groups in total. The molecule has 0 radical (unpaired) electrons. The van der Waals surface area contributed by atoms with Crippen LogP contribution in [0, 0.1) is 16.7 Å². The molecule has 0 fully saturated rings. The summed E-state index contributed by atoms with van der Waals surface area (Å²) in [6.07, 6.45) is 3.33. The van der Waals surface area contributed by atoms with Gasteiger partial charge >= 0.3 is 0 Å². The highest BCUT2D eigenvalue weighted by Gasteiger charge is 2.19. The van der Waals surface area contributed by atoms with Crippen LogP contribution in [0.2, 0.25) is 0 Å². The number of aromatic nitrogens is 1. The van der Waals surface area contributed by atoms with E-state index in [0.717, 1.165) is 18.8 Å². The van der Waals surface area contributed by atoms with E-state index in [1.807, 2.05) is 0 Å².